The molecule has 0 radical (unpaired) electrons. The van der Waals surface area contributed by atoms with E-state index in [9.17, 15) is 0 Å². The molecule has 0 bridgehead atoms. The van der Waals surface area contributed by atoms with Gasteiger partial charge >= 0.3 is 0 Å². The minimum absolute atomic E-state index is 0.749. The molecule has 3 aromatic rings. The second-order valence-corrected chi connectivity index (χ2v) is 5.77. The third-order valence-corrected chi connectivity index (χ3v) is 4.21. The summed E-state index contributed by atoms with van der Waals surface area (Å²) in [4.78, 5) is 4.39. The highest BCUT2D eigenvalue weighted by atomic mass is 79.9. The van der Waals surface area contributed by atoms with Crippen LogP contribution in [0.5, 0.6) is 0 Å². The van der Waals surface area contributed by atoms with Crippen molar-refractivity contribution in [2.75, 3.05) is 0 Å². The van der Waals surface area contributed by atoms with E-state index in [1.54, 1.807) is 6.20 Å². The van der Waals surface area contributed by atoms with Crippen molar-refractivity contribution in [3.63, 3.8) is 0 Å². The highest BCUT2D eigenvalue weighted by Gasteiger charge is 2.10. The molecule has 0 atom stereocenters. The summed E-state index contributed by atoms with van der Waals surface area (Å²) in [6.07, 6.45) is 3.86. The van der Waals surface area contributed by atoms with Gasteiger partial charge in [-0.1, -0.05) is 23.7 Å². The molecule has 0 saturated carbocycles. The smallest absolute Gasteiger partial charge is 0.102 e. The van der Waals surface area contributed by atoms with Gasteiger partial charge in [0.05, 0.1) is 9.99 Å². The van der Waals surface area contributed by atoms with Gasteiger partial charge in [0, 0.05) is 24.0 Å². The molecule has 0 saturated heterocycles. The Labute approximate surface area is 125 Å². The van der Waals surface area contributed by atoms with E-state index in [0.29, 0.717) is 0 Å². The molecule has 0 spiro atoms. The monoisotopic (exact) mass is 334 g/mol. The number of fused-ring (bicyclic) bond motifs is 1. The zero-order chi connectivity index (χ0) is 13.4. The number of aryl methyl sites for hydroxylation is 1. The average Bonchev–Trinajstić information content (AvgIpc) is 2.72. The van der Waals surface area contributed by atoms with Gasteiger partial charge in [-0.05, 0) is 52.2 Å². The Bertz CT molecular complexity index is 729. The first kappa shape index (κ1) is 12.7. The van der Waals surface area contributed by atoms with Gasteiger partial charge in [-0.15, -0.1) is 0 Å². The van der Waals surface area contributed by atoms with Crippen LogP contribution in [0.1, 0.15) is 11.1 Å². The van der Waals surface area contributed by atoms with Gasteiger partial charge in [0.15, 0.2) is 0 Å². The average molecular weight is 336 g/mol. The van der Waals surface area contributed by atoms with Crippen LogP contribution in [-0.4, -0.2) is 9.55 Å². The summed E-state index contributed by atoms with van der Waals surface area (Å²) in [6.45, 7) is 2.83. The lowest BCUT2D eigenvalue weighted by Crippen LogP contribution is -2.00. The van der Waals surface area contributed by atoms with Crippen molar-refractivity contribution in [3.05, 3.63) is 63.3 Å². The molecule has 2 aromatic heterocycles. The molecule has 0 amide bonds. The first-order valence-corrected chi connectivity index (χ1v) is 7.17. The molecule has 1 aromatic carbocycles. The van der Waals surface area contributed by atoms with Crippen molar-refractivity contribution in [1.82, 2.24) is 9.55 Å². The minimum atomic E-state index is 0.749. The number of pyridine rings is 1. The van der Waals surface area contributed by atoms with Gasteiger partial charge in [0.2, 0.25) is 0 Å². The van der Waals surface area contributed by atoms with Crippen LogP contribution in [0.2, 0.25) is 5.02 Å². The molecule has 2 heterocycles. The zero-order valence-corrected chi connectivity index (χ0v) is 12.7. The van der Waals surface area contributed by atoms with E-state index in [1.807, 2.05) is 18.2 Å². The van der Waals surface area contributed by atoms with Gasteiger partial charge < -0.3 is 4.57 Å². The number of hydrogen-bond donors (Lipinski definition) is 0. The predicted octanol–water partition coefficient (Wildman–Crippen LogP) is 4.81. The molecule has 0 N–H and O–H groups in total. The summed E-state index contributed by atoms with van der Waals surface area (Å²) in [6, 6.07) is 10.0. The molecule has 4 heteroatoms. The number of aromatic nitrogens is 2. The van der Waals surface area contributed by atoms with E-state index in [4.69, 9.17) is 11.6 Å². The largest absolute Gasteiger partial charge is 0.340 e. The standard InChI is InChI=1S/C15H12BrClN2/c1-10-4-2-5-13(17)11(10)8-19-9-12(16)15-14(19)6-3-7-18-15/h2-7,9H,8H2,1H3. The number of benzene rings is 1. The summed E-state index contributed by atoms with van der Waals surface area (Å²) in [5, 5.41) is 0.807. The van der Waals surface area contributed by atoms with Crippen molar-refractivity contribution in [2.24, 2.45) is 0 Å². The molecular formula is C15H12BrClN2. The van der Waals surface area contributed by atoms with Gasteiger partial charge in [-0.25, -0.2) is 0 Å². The van der Waals surface area contributed by atoms with Crippen molar-refractivity contribution >= 4 is 38.6 Å². The first-order valence-electron chi connectivity index (χ1n) is 6.00. The van der Waals surface area contributed by atoms with E-state index < -0.39 is 0 Å². The fraction of sp³-hybridized carbons (Fsp3) is 0.133. The van der Waals surface area contributed by atoms with Gasteiger partial charge in [-0.2, -0.15) is 0 Å². The maximum Gasteiger partial charge on any atom is 0.102 e. The third kappa shape index (κ3) is 2.28. The fourth-order valence-electron chi connectivity index (χ4n) is 2.25. The summed E-state index contributed by atoms with van der Waals surface area (Å²) in [5.41, 5.74) is 4.44. The van der Waals surface area contributed by atoms with Gasteiger partial charge in [0.1, 0.15) is 5.52 Å². The van der Waals surface area contributed by atoms with Crippen molar-refractivity contribution in [3.8, 4) is 0 Å². The minimum Gasteiger partial charge on any atom is -0.340 e. The Balaban J connectivity index is 2.11. The Morgan fingerprint density at radius 1 is 1.26 bits per heavy atom. The van der Waals surface area contributed by atoms with Crippen molar-refractivity contribution < 1.29 is 0 Å². The van der Waals surface area contributed by atoms with Gasteiger partial charge in [0.25, 0.3) is 0 Å². The molecule has 19 heavy (non-hydrogen) atoms. The maximum absolute atomic E-state index is 6.30. The fourth-order valence-corrected chi connectivity index (χ4v) is 3.08. The molecule has 0 aliphatic carbocycles. The second kappa shape index (κ2) is 4.99. The van der Waals surface area contributed by atoms with E-state index in [2.05, 4.69) is 50.7 Å². The molecule has 0 aliphatic rings. The quantitative estimate of drug-likeness (QED) is 0.657. The summed E-state index contributed by atoms with van der Waals surface area (Å²) in [5.74, 6) is 0. The van der Waals surface area contributed by atoms with Crippen LogP contribution in [0, 0.1) is 6.92 Å². The lowest BCUT2D eigenvalue weighted by molar-refractivity contribution is 0.829. The lowest BCUT2D eigenvalue weighted by Gasteiger charge is -2.10. The molecule has 0 unspecified atom stereocenters. The van der Waals surface area contributed by atoms with E-state index in [0.717, 1.165) is 32.6 Å². The molecule has 96 valence electrons. The van der Waals surface area contributed by atoms with Crippen LogP contribution in [0.25, 0.3) is 11.0 Å². The van der Waals surface area contributed by atoms with E-state index >= 15 is 0 Å². The summed E-state index contributed by atoms with van der Waals surface area (Å²) < 4.78 is 3.17. The normalized spacial score (nSPS) is 11.1. The highest BCUT2D eigenvalue weighted by Crippen LogP contribution is 2.27. The highest BCUT2D eigenvalue weighted by molar-refractivity contribution is 9.10. The van der Waals surface area contributed by atoms with Crippen LogP contribution >= 0.6 is 27.5 Å². The predicted molar refractivity (Wildman–Crippen MR) is 82.7 cm³/mol. The first-order chi connectivity index (χ1) is 9.16. The lowest BCUT2D eigenvalue weighted by atomic mass is 10.1. The number of hydrogen-bond acceptors (Lipinski definition) is 1. The Kier molecular flexibility index (Phi) is 3.33. The third-order valence-electron chi connectivity index (χ3n) is 3.27. The number of halogens is 2. The van der Waals surface area contributed by atoms with Crippen molar-refractivity contribution in [1.29, 1.82) is 0 Å². The van der Waals surface area contributed by atoms with Crippen molar-refractivity contribution in [2.45, 2.75) is 13.5 Å². The van der Waals surface area contributed by atoms with E-state index in [-0.39, 0.29) is 0 Å². The van der Waals surface area contributed by atoms with Crippen LogP contribution in [0.3, 0.4) is 0 Å². The van der Waals surface area contributed by atoms with Crippen LogP contribution in [0.15, 0.2) is 47.2 Å². The van der Waals surface area contributed by atoms with Crippen LogP contribution in [0.4, 0.5) is 0 Å². The zero-order valence-electron chi connectivity index (χ0n) is 10.4. The molecule has 2 nitrogen and oxygen atoms in total. The Hall–Kier alpha value is -1.32. The molecule has 0 aliphatic heterocycles. The van der Waals surface area contributed by atoms with Gasteiger partial charge in [-0.3, -0.25) is 4.98 Å². The van der Waals surface area contributed by atoms with Crippen LogP contribution < -0.4 is 0 Å². The molecule has 3 rings (SSSR count). The summed E-state index contributed by atoms with van der Waals surface area (Å²) in [7, 11) is 0. The summed E-state index contributed by atoms with van der Waals surface area (Å²) >= 11 is 9.85. The second-order valence-electron chi connectivity index (χ2n) is 4.51. The SMILES string of the molecule is Cc1cccc(Cl)c1Cn1cc(Br)c2ncccc21. The topological polar surface area (TPSA) is 17.8 Å². The number of nitrogens with zero attached hydrogens (tertiary/aromatic N) is 2. The Morgan fingerprint density at radius 2 is 2.11 bits per heavy atom. The maximum atomic E-state index is 6.30. The van der Waals surface area contributed by atoms with Crippen LogP contribution in [-0.2, 0) is 6.54 Å². The molecule has 0 fully saturated rings. The number of rotatable bonds is 2. The Morgan fingerprint density at radius 3 is 2.89 bits per heavy atom. The van der Waals surface area contributed by atoms with E-state index in [1.165, 1.54) is 5.56 Å². The molecular weight excluding hydrogens is 324 g/mol.